The number of halogens is 6. The van der Waals surface area contributed by atoms with Gasteiger partial charge in [-0.1, -0.05) is 34.8 Å². The van der Waals surface area contributed by atoms with Crippen LogP contribution in [0.25, 0.3) is 5.69 Å². The van der Waals surface area contributed by atoms with E-state index in [4.69, 9.17) is 46.4 Å². The molecule has 0 amide bonds. The van der Waals surface area contributed by atoms with Gasteiger partial charge < -0.3 is 0 Å². The van der Waals surface area contributed by atoms with Gasteiger partial charge in [-0.3, -0.25) is 4.57 Å². The van der Waals surface area contributed by atoms with E-state index in [-0.39, 0.29) is 26.8 Å². The Kier molecular flexibility index (Phi) is 5.60. The van der Waals surface area contributed by atoms with Gasteiger partial charge in [0, 0.05) is 5.02 Å². The van der Waals surface area contributed by atoms with Crippen molar-refractivity contribution >= 4 is 69.9 Å². The molecule has 0 unspecified atom stereocenters. The summed E-state index contributed by atoms with van der Waals surface area (Å²) in [6.45, 7) is 0. The molecule has 2 rings (SSSR count). The lowest BCUT2D eigenvalue weighted by atomic mass is 10.3. The molecule has 114 valence electrons. The SMILES string of the molecule is CSc1c(SC(F)(F)Cl)ncn1-c1c(Cl)cc(Cl)cc1Cl. The second-order valence-electron chi connectivity index (χ2n) is 3.69. The summed E-state index contributed by atoms with van der Waals surface area (Å²) in [4.78, 5) is 3.94. The number of imidazole rings is 1. The zero-order valence-corrected chi connectivity index (χ0v) is 14.9. The van der Waals surface area contributed by atoms with Crippen molar-refractivity contribution < 1.29 is 8.78 Å². The molecule has 0 aliphatic rings. The summed E-state index contributed by atoms with van der Waals surface area (Å²) in [5, 5.41) is 1.49. The number of hydrogen-bond donors (Lipinski definition) is 0. The molecule has 0 aliphatic carbocycles. The Bertz CT molecular complexity index is 650. The van der Waals surface area contributed by atoms with Crippen LogP contribution in [-0.2, 0) is 0 Å². The minimum atomic E-state index is -3.45. The highest BCUT2D eigenvalue weighted by Crippen LogP contribution is 2.43. The first kappa shape index (κ1) is 17.5. The number of rotatable bonds is 4. The van der Waals surface area contributed by atoms with Crippen LogP contribution >= 0.6 is 69.9 Å². The van der Waals surface area contributed by atoms with Crippen LogP contribution in [0.4, 0.5) is 8.78 Å². The Balaban J connectivity index is 2.56. The average Bonchev–Trinajstić information content (AvgIpc) is 2.68. The van der Waals surface area contributed by atoms with Crippen LogP contribution in [0, 0.1) is 0 Å². The maximum absolute atomic E-state index is 12.9. The summed E-state index contributed by atoms with van der Waals surface area (Å²) in [5.41, 5.74) is 0.421. The molecule has 0 fully saturated rings. The third-order valence-electron chi connectivity index (χ3n) is 2.32. The topological polar surface area (TPSA) is 17.8 Å². The van der Waals surface area contributed by atoms with Crippen molar-refractivity contribution in [3.05, 3.63) is 33.5 Å². The fraction of sp³-hybridized carbons (Fsp3) is 0.182. The summed E-state index contributed by atoms with van der Waals surface area (Å²) < 4.78 is 24.0. The minimum absolute atomic E-state index is 0.0876. The van der Waals surface area contributed by atoms with Gasteiger partial charge in [-0.25, -0.2) is 4.98 Å². The van der Waals surface area contributed by atoms with Crippen molar-refractivity contribution in [2.45, 2.75) is 14.8 Å². The summed E-state index contributed by atoms with van der Waals surface area (Å²) in [6, 6.07) is 3.02. The molecule has 0 N–H and O–H groups in total. The van der Waals surface area contributed by atoms with E-state index < -0.39 is 4.71 Å². The highest BCUT2D eigenvalue weighted by Gasteiger charge is 2.30. The van der Waals surface area contributed by atoms with Crippen LogP contribution in [0.2, 0.25) is 15.1 Å². The van der Waals surface area contributed by atoms with Gasteiger partial charge in [0.1, 0.15) is 16.4 Å². The molecule has 0 radical (unpaired) electrons. The Morgan fingerprint density at radius 1 is 1.19 bits per heavy atom. The van der Waals surface area contributed by atoms with Crippen molar-refractivity contribution in [3.63, 3.8) is 0 Å². The van der Waals surface area contributed by atoms with E-state index in [1.807, 2.05) is 0 Å². The molecule has 1 aromatic heterocycles. The second kappa shape index (κ2) is 6.72. The predicted octanol–water partition coefficient (Wildman–Crippen LogP) is 6.44. The maximum atomic E-state index is 12.9. The standard InChI is InChI=1S/C11H6Cl4F2N2S2/c1-20-10-9(21-11(15,16)17)18-4-19(10)8-6(13)2-5(12)3-7(8)14/h2-4H,1H3. The molecule has 0 saturated carbocycles. The number of benzene rings is 1. The van der Waals surface area contributed by atoms with E-state index in [9.17, 15) is 8.78 Å². The molecule has 0 spiro atoms. The molecule has 0 aliphatic heterocycles. The third-order valence-corrected chi connectivity index (χ3v) is 4.98. The summed E-state index contributed by atoms with van der Waals surface area (Å²) in [6.07, 6.45) is 3.08. The van der Waals surface area contributed by atoms with Crippen LogP contribution in [0.5, 0.6) is 0 Å². The molecule has 2 nitrogen and oxygen atoms in total. The number of aromatic nitrogens is 2. The van der Waals surface area contributed by atoms with Crippen molar-refractivity contribution in [2.75, 3.05) is 6.26 Å². The van der Waals surface area contributed by atoms with Crippen LogP contribution < -0.4 is 0 Å². The van der Waals surface area contributed by atoms with Crippen molar-refractivity contribution in [3.8, 4) is 5.69 Å². The zero-order valence-electron chi connectivity index (χ0n) is 10.2. The molecular formula is C11H6Cl4F2N2S2. The van der Waals surface area contributed by atoms with E-state index >= 15 is 0 Å². The van der Waals surface area contributed by atoms with Crippen LogP contribution in [0.1, 0.15) is 0 Å². The normalized spacial score (nSPS) is 12.0. The quantitative estimate of drug-likeness (QED) is 0.427. The third kappa shape index (κ3) is 4.12. The van der Waals surface area contributed by atoms with Gasteiger partial charge in [0.05, 0.1) is 15.7 Å². The highest BCUT2D eigenvalue weighted by atomic mass is 35.5. The zero-order chi connectivity index (χ0) is 15.8. The summed E-state index contributed by atoms with van der Waals surface area (Å²) in [7, 11) is 0. The Labute approximate surface area is 148 Å². The first-order chi connectivity index (χ1) is 9.73. The fourth-order valence-corrected chi connectivity index (χ4v) is 4.27. The first-order valence-electron chi connectivity index (χ1n) is 5.25. The van der Waals surface area contributed by atoms with E-state index in [2.05, 4.69) is 4.98 Å². The molecule has 21 heavy (non-hydrogen) atoms. The van der Waals surface area contributed by atoms with Gasteiger partial charge >= 0.3 is 4.71 Å². The second-order valence-corrected chi connectivity index (χ2v) is 7.54. The molecule has 10 heteroatoms. The fourth-order valence-electron chi connectivity index (χ4n) is 1.61. The lowest BCUT2D eigenvalue weighted by Crippen LogP contribution is -2.00. The van der Waals surface area contributed by atoms with Crippen LogP contribution in [0.3, 0.4) is 0 Å². The van der Waals surface area contributed by atoms with E-state index in [0.29, 0.717) is 15.7 Å². The predicted molar refractivity (Wildman–Crippen MR) is 87.0 cm³/mol. The van der Waals surface area contributed by atoms with E-state index in [0.717, 1.165) is 0 Å². The van der Waals surface area contributed by atoms with Gasteiger partial charge in [-0.15, -0.1) is 11.8 Å². The van der Waals surface area contributed by atoms with Crippen molar-refractivity contribution in [1.82, 2.24) is 9.55 Å². The molecule has 0 bridgehead atoms. The molecule has 0 atom stereocenters. The summed E-state index contributed by atoms with van der Waals surface area (Å²) in [5.74, 6) is 0. The number of nitrogens with zero attached hydrogens (tertiary/aromatic N) is 2. The van der Waals surface area contributed by atoms with Gasteiger partial charge in [-0.05, 0) is 41.8 Å². The van der Waals surface area contributed by atoms with Gasteiger partial charge in [0.25, 0.3) is 0 Å². The van der Waals surface area contributed by atoms with E-state index in [1.54, 1.807) is 6.26 Å². The van der Waals surface area contributed by atoms with Crippen molar-refractivity contribution in [1.29, 1.82) is 0 Å². The van der Waals surface area contributed by atoms with Crippen LogP contribution in [-0.4, -0.2) is 20.5 Å². The lowest BCUT2D eigenvalue weighted by Gasteiger charge is -2.12. The molecular weight excluding hydrogens is 404 g/mol. The number of thioether (sulfide) groups is 2. The minimum Gasteiger partial charge on any atom is -0.290 e. The van der Waals surface area contributed by atoms with Crippen LogP contribution in [0.15, 0.2) is 28.5 Å². The first-order valence-corrected chi connectivity index (χ1v) is 8.80. The highest BCUT2D eigenvalue weighted by molar-refractivity contribution is 8.03. The molecule has 2 aromatic rings. The number of hydrogen-bond acceptors (Lipinski definition) is 3. The smallest absolute Gasteiger partial charge is 0.290 e. The maximum Gasteiger partial charge on any atom is 0.377 e. The Hall–Kier alpha value is 0.150. The molecule has 0 saturated heterocycles. The van der Waals surface area contributed by atoms with Gasteiger partial charge in [0.2, 0.25) is 0 Å². The van der Waals surface area contributed by atoms with E-state index in [1.165, 1.54) is 34.8 Å². The van der Waals surface area contributed by atoms with Crippen molar-refractivity contribution in [2.24, 2.45) is 0 Å². The largest absolute Gasteiger partial charge is 0.377 e. The Morgan fingerprint density at radius 3 is 2.24 bits per heavy atom. The molecule has 1 heterocycles. The van der Waals surface area contributed by atoms with Gasteiger partial charge in [-0.2, -0.15) is 8.78 Å². The molecule has 1 aromatic carbocycles. The Morgan fingerprint density at radius 2 is 1.76 bits per heavy atom. The lowest BCUT2D eigenvalue weighted by molar-refractivity contribution is 0.203. The average molecular weight is 410 g/mol. The number of alkyl halides is 3. The van der Waals surface area contributed by atoms with Gasteiger partial charge in [0.15, 0.2) is 0 Å². The summed E-state index contributed by atoms with van der Waals surface area (Å²) >= 11 is 24.4. The monoisotopic (exact) mass is 408 g/mol.